The topological polar surface area (TPSA) is 134 Å². The van der Waals surface area contributed by atoms with E-state index in [-0.39, 0.29) is 17.5 Å². The lowest BCUT2D eigenvalue weighted by Gasteiger charge is -2.35. The van der Waals surface area contributed by atoms with Crippen LogP contribution >= 0.6 is 11.3 Å². The highest BCUT2D eigenvalue weighted by atomic mass is 32.1. The van der Waals surface area contributed by atoms with Crippen molar-refractivity contribution in [1.82, 2.24) is 25.1 Å². The maximum absolute atomic E-state index is 12.6. The van der Waals surface area contributed by atoms with Crippen molar-refractivity contribution in [2.75, 3.05) is 30.0 Å². The van der Waals surface area contributed by atoms with Crippen molar-refractivity contribution in [2.24, 2.45) is 0 Å². The van der Waals surface area contributed by atoms with Gasteiger partial charge in [0, 0.05) is 29.9 Å². The van der Waals surface area contributed by atoms with Gasteiger partial charge in [0.15, 0.2) is 5.13 Å². The van der Waals surface area contributed by atoms with Gasteiger partial charge in [0.1, 0.15) is 17.5 Å². The van der Waals surface area contributed by atoms with Crippen LogP contribution in [-0.2, 0) is 22.4 Å². The van der Waals surface area contributed by atoms with E-state index in [0.717, 1.165) is 52.2 Å². The number of nitrogens with zero attached hydrogens (tertiary/aromatic N) is 5. The second-order valence-corrected chi connectivity index (χ2v) is 11.9. The molecule has 232 valence electrons. The van der Waals surface area contributed by atoms with E-state index in [1.165, 1.54) is 23.2 Å². The molecule has 4 aromatic rings. The Kier molecular flexibility index (Phi) is 8.87. The molecule has 3 N–H and O–H groups in total. The molecule has 2 aromatic heterocycles. The summed E-state index contributed by atoms with van der Waals surface area (Å²) in [6, 6.07) is 16.7. The highest BCUT2D eigenvalue weighted by Crippen LogP contribution is 2.34. The Balaban J connectivity index is 0.000000493. The molecule has 2 aliphatic rings. The van der Waals surface area contributed by atoms with Crippen LogP contribution in [0.1, 0.15) is 34.8 Å². The van der Waals surface area contributed by atoms with Crippen molar-refractivity contribution >= 4 is 39.7 Å². The Morgan fingerprint density at radius 3 is 2.64 bits per heavy atom. The molecule has 0 spiro atoms. The van der Waals surface area contributed by atoms with Gasteiger partial charge in [-0.2, -0.15) is 18.3 Å². The fraction of sp³-hybridized carbons (Fsp3) is 0.345. The molecule has 0 aliphatic carbocycles. The molecule has 11 nitrogen and oxygen atoms in total. The van der Waals surface area contributed by atoms with E-state index in [4.69, 9.17) is 19.6 Å². The van der Waals surface area contributed by atoms with Crippen molar-refractivity contribution in [3.63, 3.8) is 0 Å². The molecule has 15 heteroatoms. The number of nitrogens with one attached hydrogen (secondary N) is 2. The van der Waals surface area contributed by atoms with E-state index < -0.39 is 12.1 Å². The first-order valence-electron chi connectivity index (χ1n) is 13.7. The van der Waals surface area contributed by atoms with Gasteiger partial charge in [-0.3, -0.25) is 4.79 Å². The zero-order chi connectivity index (χ0) is 31.5. The van der Waals surface area contributed by atoms with E-state index in [1.807, 2.05) is 38.1 Å². The van der Waals surface area contributed by atoms with Gasteiger partial charge in [-0.25, -0.2) is 19.4 Å². The number of fused-ring (bicyclic) bond motifs is 1. The van der Waals surface area contributed by atoms with Gasteiger partial charge in [0.05, 0.1) is 30.6 Å². The molecule has 0 radical (unpaired) electrons. The van der Waals surface area contributed by atoms with Crippen LogP contribution in [0.15, 0.2) is 61.2 Å². The Morgan fingerprint density at radius 2 is 1.93 bits per heavy atom. The van der Waals surface area contributed by atoms with E-state index in [0.29, 0.717) is 13.2 Å². The Morgan fingerprint density at radius 1 is 1.20 bits per heavy atom. The van der Waals surface area contributed by atoms with Crippen LogP contribution in [0.4, 0.5) is 29.7 Å². The number of benzene rings is 2. The van der Waals surface area contributed by atoms with Crippen molar-refractivity contribution in [2.45, 2.75) is 44.4 Å². The number of alkyl halides is 3. The molecular weight excluding hydrogens is 599 g/mol. The van der Waals surface area contributed by atoms with Crippen LogP contribution in [0, 0.1) is 0 Å². The number of anilines is 3. The molecule has 44 heavy (non-hydrogen) atoms. The summed E-state index contributed by atoms with van der Waals surface area (Å²) in [5.74, 6) is -2.78. The minimum atomic E-state index is -5.08. The van der Waals surface area contributed by atoms with Gasteiger partial charge in [-0.05, 0) is 56.2 Å². The van der Waals surface area contributed by atoms with Crippen LogP contribution in [0.3, 0.4) is 0 Å². The van der Waals surface area contributed by atoms with Crippen molar-refractivity contribution < 1.29 is 32.6 Å². The lowest BCUT2D eigenvalue weighted by molar-refractivity contribution is -0.192. The quantitative estimate of drug-likeness (QED) is 0.280. The number of rotatable bonds is 6. The normalized spacial score (nSPS) is 17.6. The summed E-state index contributed by atoms with van der Waals surface area (Å²) in [6.45, 7) is 6.11. The number of ether oxygens (including phenoxy) is 1. The van der Waals surface area contributed by atoms with Crippen LogP contribution in [0.2, 0.25) is 0 Å². The SMILES string of the molecule is CC1(C)Cc2nc(N3CCOCC3Cc3cccc(Nc4cccc(-n5cncn5)c4)c3)sc2C(=O)N1.O=C(O)C(F)(F)F. The third-order valence-electron chi connectivity index (χ3n) is 6.89. The van der Waals surface area contributed by atoms with Crippen LogP contribution in [0.25, 0.3) is 5.69 Å². The second-order valence-electron chi connectivity index (χ2n) is 10.9. The molecule has 0 saturated carbocycles. The highest BCUT2D eigenvalue weighted by molar-refractivity contribution is 7.17. The minimum absolute atomic E-state index is 0.0218. The lowest BCUT2D eigenvalue weighted by atomic mass is 9.94. The van der Waals surface area contributed by atoms with Crippen molar-refractivity contribution in [3.8, 4) is 5.69 Å². The summed E-state index contributed by atoms with van der Waals surface area (Å²) in [7, 11) is 0. The number of carbonyl (C=O) groups is 2. The summed E-state index contributed by atoms with van der Waals surface area (Å²) in [6.07, 6.45) is -0.315. The highest BCUT2D eigenvalue weighted by Gasteiger charge is 2.38. The van der Waals surface area contributed by atoms with Gasteiger partial charge in [-0.15, -0.1) is 0 Å². The number of carboxylic acid groups (broad SMARTS) is 1. The maximum atomic E-state index is 12.6. The van der Waals surface area contributed by atoms with Crippen molar-refractivity contribution in [3.05, 3.63) is 77.3 Å². The molecule has 2 aromatic carbocycles. The molecule has 0 bridgehead atoms. The average Bonchev–Trinajstić information content (AvgIpc) is 3.64. The van der Waals surface area contributed by atoms with Crippen LogP contribution in [0.5, 0.6) is 0 Å². The second kappa shape index (κ2) is 12.6. The Labute approximate surface area is 254 Å². The fourth-order valence-corrected chi connectivity index (χ4v) is 6.02. The molecular formula is C29H30F3N7O4S. The summed E-state index contributed by atoms with van der Waals surface area (Å²) in [5.41, 5.74) is 4.76. The summed E-state index contributed by atoms with van der Waals surface area (Å²) < 4.78 is 39.3. The van der Waals surface area contributed by atoms with Crippen LogP contribution < -0.4 is 15.5 Å². The standard InChI is InChI=1S/C27H29N7O2S.C2HF3O2/c1-27(2)14-23-24(25(35)32-27)37-26(31-23)33-9-10-36-15-22(33)12-18-5-3-6-19(11-18)30-20-7-4-8-21(13-20)34-17-28-16-29-34;3-2(4,5)1(6)7/h3-8,11,13,16-17,22,30H,9-10,12,14-15H2,1-2H3,(H,32,35);(H,6,7). The van der Waals surface area contributed by atoms with E-state index in [1.54, 1.807) is 11.0 Å². The number of carboxylic acids is 1. The molecule has 1 unspecified atom stereocenters. The number of morpholine rings is 1. The van der Waals surface area contributed by atoms with Crippen LogP contribution in [-0.4, -0.2) is 74.2 Å². The molecule has 6 rings (SSSR count). The van der Waals surface area contributed by atoms with Gasteiger partial charge >= 0.3 is 12.1 Å². The van der Waals surface area contributed by atoms with Crippen molar-refractivity contribution in [1.29, 1.82) is 0 Å². The van der Waals surface area contributed by atoms with E-state index in [9.17, 15) is 18.0 Å². The monoisotopic (exact) mass is 629 g/mol. The summed E-state index contributed by atoms with van der Waals surface area (Å²) >= 11 is 1.49. The number of hydrogen-bond acceptors (Lipinski definition) is 9. The maximum Gasteiger partial charge on any atom is 0.490 e. The number of carbonyl (C=O) groups excluding carboxylic acids is 1. The first-order valence-corrected chi connectivity index (χ1v) is 14.5. The average molecular weight is 630 g/mol. The third kappa shape index (κ3) is 7.52. The minimum Gasteiger partial charge on any atom is -0.475 e. The predicted molar refractivity (Wildman–Crippen MR) is 158 cm³/mol. The smallest absolute Gasteiger partial charge is 0.475 e. The molecule has 1 fully saturated rings. The number of hydrogen-bond donors (Lipinski definition) is 3. The first-order chi connectivity index (χ1) is 20.9. The summed E-state index contributed by atoms with van der Waals surface area (Å²) in [5, 5.41) is 18.8. The molecule has 1 atom stereocenters. The van der Waals surface area contributed by atoms with Gasteiger partial charge in [0.25, 0.3) is 5.91 Å². The number of aromatic nitrogens is 4. The Hall–Kier alpha value is -4.50. The number of thiazole rings is 1. The van der Waals surface area contributed by atoms with Gasteiger partial charge < -0.3 is 25.4 Å². The largest absolute Gasteiger partial charge is 0.490 e. The number of amides is 1. The molecule has 1 amide bonds. The van der Waals surface area contributed by atoms with Gasteiger partial charge in [-0.1, -0.05) is 29.5 Å². The summed E-state index contributed by atoms with van der Waals surface area (Å²) in [4.78, 5) is 33.5. The zero-order valence-electron chi connectivity index (χ0n) is 23.8. The number of aliphatic carboxylic acids is 1. The number of halogens is 3. The third-order valence-corrected chi connectivity index (χ3v) is 8.02. The van der Waals surface area contributed by atoms with Gasteiger partial charge in [0.2, 0.25) is 0 Å². The molecule has 2 aliphatic heterocycles. The molecule has 4 heterocycles. The van der Waals surface area contributed by atoms with E-state index >= 15 is 0 Å². The lowest BCUT2D eigenvalue weighted by Crippen LogP contribution is -2.48. The zero-order valence-corrected chi connectivity index (χ0v) is 24.7. The van der Waals surface area contributed by atoms with E-state index in [2.05, 4.69) is 49.9 Å². The first kappa shape index (κ1) is 30.9. The molecule has 1 saturated heterocycles. The fourth-order valence-electron chi connectivity index (χ4n) is 4.94. The Bertz CT molecular complexity index is 1630. The predicted octanol–water partition coefficient (Wildman–Crippen LogP) is 4.61.